The number of carbonyl (C=O) groups excluding carboxylic acids is 1. The molecule has 3 rings (SSSR count). The van der Waals surface area contributed by atoms with Crippen molar-refractivity contribution in [3.05, 3.63) is 41.5 Å². The Labute approximate surface area is 109 Å². The number of ketones is 1. The number of hydrogen-bond donors (Lipinski definition) is 0. The average molecular weight is 240 g/mol. The fourth-order valence-electron chi connectivity index (χ4n) is 3.62. The Balaban J connectivity index is 2.10. The minimum atomic E-state index is -0.264. The maximum atomic E-state index is 12.5. The van der Waals surface area contributed by atoms with Crippen LogP contribution in [0.5, 0.6) is 0 Å². The lowest BCUT2D eigenvalue weighted by atomic mass is 9.53. The van der Waals surface area contributed by atoms with Gasteiger partial charge in [0.2, 0.25) is 0 Å². The smallest absolute Gasteiger partial charge is 0.143 e. The van der Waals surface area contributed by atoms with Gasteiger partial charge in [-0.1, -0.05) is 50.3 Å². The first-order chi connectivity index (χ1) is 8.55. The van der Waals surface area contributed by atoms with Crippen molar-refractivity contribution in [2.24, 2.45) is 10.8 Å². The first-order valence-corrected chi connectivity index (χ1v) is 6.86. The summed E-state index contributed by atoms with van der Waals surface area (Å²) >= 11 is 0. The SMILES string of the molecule is CC1(C)CCCC(=O)C12C=Cc1ccccc1C2. The van der Waals surface area contributed by atoms with Crippen molar-refractivity contribution >= 4 is 11.9 Å². The molecule has 0 heterocycles. The van der Waals surface area contributed by atoms with Crippen LogP contribution in [0, 0.1) is 10.8 Å². The highest BCUT2D eigenvalue weighted by molar-refractivity contribution is 5.90. The molecule has 1 fully saturated rings. The fraction of sp³-hybridized carbons (Fsp3) is 0.471. The van der Waals surface area contributed by atoms with Gasteiger partial charge in [-0.2, -0.15) is 0 Å². The Bertz CT molecular complexity index is 524. The van der Waals surface area contributed by atoms with E-state index in [0.717, 1.165) is 25.7 Å². The Morgan fingerprint density at radius 1 is 1.17 bits per heavy atom. The molecule has 0 N–H and O–H groups in total. The zero-order valence-electron chi connectivity index (χ0n) is 11.2. The van der Waals surface area contributed by atoms with Crippen LogP contribution in [0.15, 0.2) is 30.3 Å². The van der Waals surface area contributed by atoms with E-state index in [9.17, 15) is 4.79 Å². The van der Waals surface area contributed by atoms with E-state index >= 15 is 0 Å². The Hall–Kier alpha value is -1.37. The van der Waals surface area contributed by atoms with Crippen LogP contribution >= 0.6 is 0 Å². The molecule has 0 saturated heterocycles. The number of fused-ring (bicyclic) bond motifs is 1. The predicted molar refractivity (Wildman–Crippen MR) is 74.3 cm³/mol. The van der Waals surface area contributed by atoms with E-state index in [1.165, 1.54) is 11.1 Å². The molecule has 0 aliphatic heterocycles. The topological polar surface area (TPSA) is 17.1 Å². The van der Waals surface area contributed by atoms with Gasteiger partial charge in [0.15, 0.2) is 0 Å². The summed E-state index contributed by atoms with van der Waals surface area (Å²) in [5.41, 5.74) is 2.41. The van der Waals surface area contributed by atoms with Gasteiger partial charge in [-0.05, 0) is 35.8 Å². The van der Waals surface area contributed by atoms with Crippen molar-refractivity contribution in [3.8, 4) is 0 Å². The van der Waals surface area contributed by atoms with E-state index in [0.29, 0.717) is 5.78 Å². The van der Waals surface area contributed by atoms with Gasteiger partial charge in [0.05, 0.1) is 5.41 Å². The molecule has 1 heteroatoms. The molecule has 1 unspecified atom stereocenters. The van der Waals surface area contributed by atoms with Crippen LogP contribution < -0.4 is 0 Å². The molecule has 1 aromatic rings. The summed E-state index contributed by atoms with van der Waals surface area (Å²) in [5.74, 6) is 0.435. The molecule has 0 aromatic heterocycles. The number of rotatable bonds is 0. The van der Waals surface area contributed by atoms with E-state index < -0.39 is 0 Å². The highest BCUT2D eigenvalue weighted by atomic mass is 16.1. The van der Waals surface area contributed by atoms with Crippen LogP contribution in [0.25, 0.3) is 6.08 Å². The van der Waals surface area contributed by atoms with Crippen LogP contribution in [-0.2, 0) is 11.2 Å². The molecule has 1 atom stereocenters. The normalized spacial score (nSPS) is 29.3. The third-order valence-electron chi connectivity index (χ3n) is 4.98. The third kappa shape index (κ3) is 1.50. The number of benzene rings is 1. The van der Waals surface area contributed by atoms with Gasteiger partial charge in [0.1, 0.15) is 5.78 Å². The summed E-state index contributed by atoms with van der Waals surface area (Å²) in [7, 11) is 0. The number of allylic oxidation sites excluding steroid dienone is 1. The maximum absolute atomic E-state index is 12.5. The molecule has 1 saturated carbocycles. The minimum Gasteiger partial charge on any atom is -0.299 e. The van der Waals surface area contributed by atoms with Gasteiger partial charge in [-0.15, -0.1) is 0 Å². The molecular weight excluding hydrogens is 220 g/mol. The summed E-state index contributed by atoms with van der Waals surface area (Å²) in [6.07, 6.45) is 8.16. The lowest BCUT2D eigenvalue weighted by Gasteiger charge is -2.49. The summed E-state index contributed by atoms with van der Waals surface area (Å²) in [6.45, 7) is 4.50. The first kappa shape index (κ1) is 11.7. The highest BCUT2D eigenvalue weighted by Crippen LogP contribution is 2.53. The second-order valence-electron chi connectivity index (χ2n) is 6.34. The van der Waals surface area contributed by atoms with Crippen molar-refractivity contribution in [3.63, 3.8) is 0 Å². The predicted octanol–water partition coefficient (Wildman–Crippen LogP) is 4.02. The molecule has 2 aliphatic rings. The van der Waals surface area contributed by atoms with E-state index in [-0.39, 0.29) is 10.8 Å². The molecule has 2 aliphatic carbocycles. The molecular formula is C17H20O. The van der Waals surface area contributed by atoms with E-state index in [1.807, 2.05) is 0 Å². The maximum Gasteiger partial charge on any atom is 0.143 e. The van der Waals surface area contributed by atoms with Crippen molar-refractivity contribution in [2.45, 2.75) is 39.5 Å². The standard InChI is InChI=1S/C17H20O/c1-16(2)10-5-8-15(18)17(16)11-9-13-6-3-4-7-14(13)12-17/h3-4,6-7,9,11H,5,8,10,12H2,1-2H3. The van der Waals surface area contributed by atoms with Gasteiger partial charge in [-0.25, -0.2) is 0 Å². The van der Waals surface area contributed by atoms with Gasteiger partial charge in [-0.3, -0.25) is 4.79 Å². The molecule has 18 heavy (non-hydrogen) atoms. The van der Waals surface area contributed by atoms with Gasteiger partial charge in [0.25, 0.3) is 0 Å². The summed E-state index contributed by atoms with van der Waals surface area (Å²) < 4.78 is 0. The van der Waals surface area contributed by atoms with Crippen LogP contribution in [0.1, 0.15) is 44.2 Å². The van der Waals surface area contributed by atoms with E-state index in [4.69, 9.17) is 0 Å². The van der Waals surface area contributed by atoms with Crippen molar-refractivity contribution in [1.29, 1.82) is 0 Å². The zero-order chi connectivity index (χ0) is 12.8. The lowest BCUT2D eigenvalue weighted by molar-refractivity contribution is -0.135. The van der Waals surface area contributed by atoms with E-state index in [2.05, 4.69) is 50.3 Å². The minimum absolute atomic E-state index is 0.0758. The van der Waals surface area contributed by atoms with Crippen molar-refractivity contribution < 1.29 is 4.79 Å². The van der Waals surface area contributed by atoms with Crippen LogP contribution in [-0.4, -0.2) is 5.78 Å². The van der Waals surface area contributed by atoms with E-state index in [1.54, 1.807) is 0 Å². The first-order valence-electron chi connectivity index (χ1n) is 6.86. The lowest BCUT2D eigenvalue weighted by Crippen LogP contribution is -2.48. The molecule has 94 valence electrons. The number of carbonyl (C=O) groups is 1. The molecule has 0 amide bonds. The average Bonchev–Trinajstić information content (AvgIpc) is 2.36. The number of Topliss-reactive ketones (excluding diaryl/α,β-unsaturated/α-hetero) is 1. The zero-order valence-corrected chi connectivity index (χ0v) is 11.2. The second-order valence-corrected chi connectivity index (χ2v) is 6.34. The molecule has 1 nitrogen and oxygen atoms in total. The molecule has 1 spiro atoms. The molecule has 1 aromatic carbocycles. The summed E-state index contributed by atoms with van der Waals surface area (Å²) in [6, 6.07) is 8.44. The molecule has 0 bridgehead atoms. The van der Waals surface area contributed by atoms with Crippen LogP contribution in [0.4, 0.5) is 0 Å². The van der Waals surface area contributed by atoms with Crippen molar-refractivity contribution in [2.75, 3.05) is 0 Å². The fourth-order valence-corrected chi connectivity index (χ4v) is 3.62. The monoisotopic (exact) mass is 240 g/mol. The number of hydrogen-bond acceptors (Lipinski definition) is 1. The van der Waals surface area contributed by atoms with Crippen LogP contribution in [0.3, 0.4) is 0 Å². The highest BCUT2D eigenvalue weighted by Gasteiger charge is 2.51. The van der Waals surface area contributed by atoms with Gasteiger partial charge < -0.3 is 0 Å². The third-order valence-corrected chi connectivity index (χ3v) is 4.98. The van der Waals surface area contributed by atoms with Crippen molar-refractivity contribution in [1.82, 2.24) is 0 Å². The Kier molecular flexibility index (Phi) is 2.48. The summed E-state index contributed by atoms with van der Waals surface area (Å²) in [5, 5.41) is 0. The Morgan fingerprint density at radius 3 is 2.72 bits per heavy atom. The van der Waals surface area contributed by atoms with Gasteiger partial charge >= 0.3 is 0 Å². The van der Waals surface area contributed by atoms with Gasteiger partial charge in [0, 0.05) is 6.42 Å². The second kappa shape index (κ2) is 3.81. The van der Waals surface area contributed by atoms with Crippen LogP contribution in [0.2, 0.25) is 0 Å². The quantitative estimate of drug-likeness (QED) is 0.669. The molecule has 0 radical (unpaired) electrons. The Morgan fingerprint density at radius 2 is 1.94 bits per heavy atom. The summed E-state index contributed by atoms with van der Waals surface area (Å²) in [4.78, 5) is 12.5. The largest absolute Gasteiger partial charge is 0.299 e.